The van der Waals surface area contributed by atoms with Gasteiger partial charge in [0.1, 0.15) is 0 Å². The Morgan fingerprint density at radius 2 is 2.29 bits per heavy atom. The highest BCUT2D eigenvalue weighted by Gasteiger charge is 2.14. The molecule has 0 aromatic heterocycles. The van der Waals surface area contributed by atoms with E-state index in [0.717, 1.165) is 11.5 Å². The van der Waals surface area contributed by atoms with Gasteiger partial charge < -0.3 is 0 Å². The van der Waals surface area contributed by atoms with Gasteiger partial charge in [-0.25, -0.2) is 0 Å². The summed E-state index contributed by atoms with van der Waals surface area (Å²) in [7, 11) is 0. The number of hydrogen-bond acceptors (Lipinski definition) is 0. The lowest BCUT2D eigenvalue weighted by Gasteiger charge is -1.83. The van der Waals surface area contributed by atoms with Gasteiger partial charge in [0, 0.05) is 5.03 Å². The van der Waals surface area contributed by atoms with Gasteiger partial charge in [-0.05, 0) is 19.3 Å². The lowest BCUT2D eigenvalue weighted by atomic mass is 10.4. The Labute approximate surface area is 49.2 Å². The van der Waals surface area contributed by atoms with Gasteiger partial charge >= 0.3 is 0 Å². The molecule has 1 aliphatic carbocycles. The van der Waals surface area contributed by atoms with Crippen LogP contribution in [0.4, 0.5) is 0 Å². The molecule has 0 atom stereocenters. The van der Waals surface area contributed by atoms with Crippen LogP contribution in [0, 0.1) is 0 Å². The molecule has 0 heterocycles. The van der Waals surface area contributed by atoms with Crippen LogP contribution in [-0.2, 0) is 0 Å². The highest BCUT2D eigenvalue weighted by Crippen LogP contribution is 2.34. The van der Waals surface area contributed by atoms with E-state index in [1.54, 1.807) is 0 Å². The van der Waals surface area contributed by atoms with Crippen molar-refractivity contribution in [2.24, 2.45) is 0 Å². The van der Waals surface area contributed by atoms with Crippen LogP contribution in [0.1, 0.15) is 26.2 Å². The average molecular weight is 117 g/mol. The highest BCUT2D eigenvalue weighted by molar-refractivity contribution is 6.30. The van der Waals surface area contributed by atoms with Crippen LogP contribution >= 0.6 is 11.6 Å². The minimum absolute atomic E-state index is 1.02. The molecular formula is C6H9Cl. The Balaban J connectivity index is 2.49. The summed E-state index contributed by atoms with van der Waals surface area (Å²) in [6.45, 7) is 2.09. The van der Waals surface area contributed by atoms with E-state index in [1.807, 2.05) is 0 Å². The Kier molecular flexibility index (Phi) is 1.38. The molecule has 40 valence electrons. The van der Waals surface area contributed by atoms with Crippen LogP contribution in [0.2, 0.25) is 0 Å². The Morgan fingerprint density at radius 3 is 2.43 bits per heavy atom. The van der Waals surface area contributed by atoms with Crippen LogP contribution in [0.25, 0.3) is 0 Å². The summed E-state index contributed by atoms with van der Waals surface area (Å²) in [6, 6.07) is 0. The summed E-state index contributed by atoms with van der Waals surface area (Å²) in [4.78, 5) is 0. The van der Waals surface area contributed by atoms with Crippen molar-refractivity contribution in [3.63, 3.8) is 0 Å². The topological polar surface area (TPSA) is 0 Å². The van der Waals surface area contributed by atoms with Gasteiger partial charge in [0.05, 0.1) is 0 Å². The molecule has 7 heavy (non-hydrogen) atoms. The standard InChI is InChI=1S/C6H9Cl/c1-2-6(7)5-3-4-5/h2-4H2,1H3. The maximum atomic E-state index is 5.74. The molecule has 0 bridgehead atoms. The van der Waals surface area contributed by atoms with Crippen LogP contribution in [-0.4, -0.2) is 0 Å². The molecule has 0 aromatic rings. The van der Waals surface area contributed by atoms with Gasteiger partial charge in [-0.3, -0.25) is 0 Å². The minimum atomic E-state index is 1.02. The van der Waals surface area contributed by atoms with Crippen molar-refractivity contribution in [2.45, 2.75) is 26.2 Å². The van der Waals surface area contributed by atoms with E-state index in [4.69, 9.17) is 11.6 Å². The Bertz CT molecular complexity index is 96.7. The predicted octanol–water partition coefficient (Wildman–Crippen LogP) is 2.68. The maximum absolute atomic E-state index is 5.74. The van der Waals surface area contributed by atoms with Gasteiger partial charge in [-0.1, -0.05) is 24.1 Å². The SMILES string of the molecule is CCC(Cl)=C1CC1. The molecular weight excluding hydrogens is 108 g/mol. The molecule has 0 amide bonds. The molecule has 0 aliphatic heterocycles. The van der Waals surface area contributed by atoms with E-state index < -0.39 is 0 Å². The van der Waals surface area contributed by atoms with E-state index in [9.17, 15) is 0 Å². The van der Waals surface area contributed by atoms with Crippen LogP contribution in [0.3, 0.4) is 0 Å². The van der Waals surface area contributed by atoms with E-state index in [-0.39, 0.29) is 0 Å². The third-order valence-electron chi connectivity index (χ3n) is 1.19. The van der Waals surface area contributed by atoms with Crippen molar-refractivity contribution in [3.05, 3.63) is 10.6 Å². The molecule has 1 rings (SSSR count). The molecule has 1 saturated carbocycles. The fourth-order valence-corrected chi connectivity index (χ4v) is 0.773. The van der Waals surface area contributed by atoms with E-state index in [0.29, 0.717) is 0 Å². The normalized spacial score (nSPS) is 17.1. The first-order valence-electron chi connectivity index (χ1n) is 2.71. The zero-order valence-corrected chi connectivity index (χ0v) is 5.26. The average Bonchev–Trinajstić information content (AvgIpc) is 2.44. The highest BCUT2D eigenvalue weighted by atomic mass is 35.5. The molecule has 1 aliphatic rings. The lowest BCUT2D eigenvalue weighted by Crippen LogP contribution is -1.61. The fourth-order valence-electron chi connectivity index (χ4n) is 0.584. The monoisotopic (exact) mass is 116 g/mol. The second-order valence-electron chi connectivity index (χ2n) is 1.86. The zero-order chi connectivity index (χ0) is 5.28. The molecule has 0 N–H and O–H groups in total. The predicted molar refractivity (Wildman–Crippen MR) is 32.4 cm³/mol. The molecule has 0 aromatic carbocycles. The minimum Gasteiger partial charge on any atom is -0.0892 e. The van der Waals surface area contributed by atoms with Crippen molar-refractivity contribution < 1.29 is 0 Å². The van der Waals surface area contributed by atoms with Crippen molar-refractivity contribution >= 4 is 11.6 Å². The molecule has 1 fully saturated rings. The van der Waals surface area contributed by atoms with Crippen molar-refractivity contribution in [3.8, 4) is 0 Å². The molecule has 0 radical (unpaired) electrons. The largest absolute Gasteiger partial charge is 0.0892 e. The van der Waals surface area contributed by atoms with Crippen molar-refractivity contribution in [1.82, 2.24) is 0 Å². The second kappa shape index (κ2) is 1.87. The van der Waals surface area contributed by atoms with Crippen LogP contribution in [0.5, 0.6) is 0 Å². The molecule has 0 saturated heterocycles. The van der Waals surface area contributed by atoms with Gasteiger partial charge in [-0.2, -0.15) is 0 Å². The third-order valence-corrected chi connectivity index (χ3v) is 1.73. The van der Waals surface area contributed by atoms with E-state index >= 15 is 0 Å². The van der Waals surface area contributed by atoms with Crippen molar-refractivity contribution in [1.29, 1.82) is 0 Å². The molecule has 1 heteroatoms. The van der Waals surface area contributed by atoms with Gasteiger partial charge in [0.25, 0.3) is 0 Å². The lowest BCUT2D eigenvalue weighted by molar-refractivity contribution is 1.18. The Morgan fingerprint density at radius 1 is 1.71 bits per heavy atom. The molecule has 0 unspecified atom stereocenters. The van der Waals surface area contributed by atoms with Gasteiger partial charge in [-0.15, -0.1) is 0 Å². The number of hydrogen-bond donors (Lipinski definition) is 0. The summed E-state index contributed by atoms with van der Waals surface area (Å²) in [5, 5.41) is 1.10. The molecule has 0 spiro atoms. The number of rotatable bonds is 1. The summed E-state index contributed by atoms with van der Waals surface area (Å²) in [5.74, 6) is 0. The Hall–Kier alpha value is 0.0300. The zero-order valence-electron chi connectivity index (χ0n) is 4.50. The number of allylic oxidation sites excluding steroid dienone is 2. The van der Waals surface area contributed by atoms with Gasteiger partial charge in [0.15, 0.2) is 0 Å². The summed E-state index contributed by atoms with van der Waals surface area (Å²) < 4.78 is 0. The summed E-state index contributed by atoms with van der Waals surface area (Å²) >= 11 is 5.74. The van der Waals surface area contributed by atoms with E-state index in [1.165, 1.54) is 18.4 Å². The fraction of sp³-hybridized carbons (Fsp3) is 0.667. The van der Waals surface area contributed by atoms with Crippen molar-refractivity contribution in [2.75, 3.05) is 0 Å². The molecule has 0 nitrogen and oxygen atoms in total. The summed E-state index contributed by atoms with van der Waals surface area (Å²) in [6.07, 6.45) is 3.54. The summed E-state index contributed by atoms with van der Waals surface area (Å²) in [5.41, 5.74) is 1.48. The van der Waals surface area contributed by atoms with Crippen LogP contribution in [0.15, 0.2) is 10.6 Å². The first kappa shape index (κ1) is 5.17. The smallest absolute Gasteiger partial charge is 0.0170 e. The second-order valence-corrected chi connectivity index (χ2v) is 2.32. The van der Waals surface area contributed by atoms with Crippen LogP contribution < -0.4 is 0 Å². The third kappa shape index (κ3) is 1.20. The van der Waals surface area contributed by atoms with E-state index in [2.05, 4.69) is 6.92 Å². The first-order chi connectivity index (χ1) is 3.34. The van der Waals surface area contributed by atoms with Gasteiger partial charge in [0.2, 0.25) is 0 Å². The first-order valence-corrected chi connectivity index (χ1v) is 3.08. The quantitative estimate of drug-likeness (QED) is 0.494. The maximum Gasteiger partial charge on any atom is 0.0170 e. The number of halogens is 1.